The molecule has 148 valence electrons. The molecular weight excluding hydrogens is 362 g/mol. The van der Waals surface area contributed by atoms with Crippen molar-refractivity contribution in [3.63, 3.8) is 0 Å². The molecule has 0 aliphatic heterocycles. The van der Waals surface area contributed by atoms with E-state index < -0.39 is 11.8 Å². The molecule has 0 spiro atoms. The second kappa shape index (κ2) is 10.6. The average Bonchev–Trinajstić information content (AvgIpc) is 2.70. The monoisotopic (exact) mass is 385 g/mol. The summed E-state index contributed by atoms with van der Waals surface area (Å²) >= 11 is 0. The van der Waals surface area contributed by atoms with Gasteiger partial charge in [-0.3, -0.25) is 9.59 Å². The van der Waals surface area contributed by atoms with E-state index in [1.807, 2.05) is 6.92 Å². The van der Waals surface area contributed by atoms with Crippen molar-refractivity contribution in [2.24, 2.45) is 10.8 Å². The zero-order valence-corrected chi connectivity index (χ0v) is 15.8. The molecule has 2 rings (SSSR count). The van der Waals surface area contributed by atoms with Crippen LogP contribution < -0.4 is 25.4 Å². The summed E-state index contributed by atoms with van der Waals surface area (Å²) in [5.74, 6) is 0.577. The molecule has 0 aromatic heterocycles. The fourth-order valence-electron chi connectivity index (χ4n) is 2.21. The van der Waals surface area contributed by atoms with Gasteiger partial charge in [0, 0.05) is 5.56 Å². The maximum Gasteiger partial charge on any atom is 0.271 e. The van der Waals surface area contributed by atoms with Crippen LogP contribution >= 0.6 is 0 Å². The first-order valence-corrected chi connectivity index (χ1v) is 8.69. The molecule has 0 saturated heterocycles. The summed E-state index contributed by atoms with van der Waals surface area (Å²) in [5.41, 5.74) is 8.57. The van der Waals surface area contributed by atoms with Gasteiger partial charge in [-0.25, -0.2) is 5.43 Å². The van der Waals surface area contributed by atoms with E-state index in [9.17, 15) is 9.59 Å². The van der Waals surface area contributed by atoms with Crippen LogP contribution in [0, 0.1) is 0 Å². The number of carbonyl (C=O) groups is 2. The van der Waals surface area contributed by atoms with Gasteiger partial charge in [0.25, 0.3) is 11.8 Å². The van der Waals surface area contributed by atoms with Gasteiger partial charge in [-0.05, 0) is 42.3 Å². The highest BCUT2D eigenvalue weighted by Gasteiger charge is 2.10. The van der Waals surface area contributed by atoms with Crippen molar-refractivity contribution in [3.8, 4) is 17.2 Å². The Morgan fingerprint density at radius 3 is 2.68 bits per heavy atom. The second-order valence-electron chi connectivity index (χ2n) is 5.74. The van der Waals surface area contributed by atoms with E-state index in [1.54, 1.807) is 42.5 Å². The molecule has 0 radical (unpaired) electrons. The molecule has 8 nitrogen and oxygen atoms in total. The fourth-order valence-corrected chi connectivity index (χ4v) is 2.21. The van der Waals surface area contributed by atoms with E-state index in [0.717, 1.165) is 6.42 Å². The van der Waals surface area contributed by atoms with E-state index in [-0.39, 0.29) is 6.61 Å². The van der Waals surface area contributed by atoms with Gasteiger partial charge >= 0.3 is 0 Å². The third kappa shape index (κ3) is 6.31. The molecule has 0 bridgehead atoms. The first kappa shape index (κ1) is 20.8. The van der Waals surface area contributed by atoms with Crippen molar-refractivity contribution in [1.29, 1.82) is 0 Å². The molecule has 3 N–H and O–H groups in total. The van der Waals surface area contributed by atoms with Crippen LogP contribution in [0.1, 0.15) is 29.3 Å². The molecule has 0 unspecified atom stereocenters. The van der Waals surface area contributed by atoms with Crippen LogP contribution in [0.25, 0.3) is 0 Å². The highest BCUT2D eigenvalue weighted by atomic mass is 16.5. The summed E-state index contributed by atoms with van der Waals surface area (Å²) in [6.45, 7) is 2.36. The lowest BCUT2D eigenvalue weighted by molar-refractivity contribution is -0.119. The first-order chi connectivity index (χ1) is 13.5. The molecule has 28 heavy (non-hydrogen) atoms. The number of carbonyl (C=O) groups excluding carboxylic acids is 2. The van der Waals surface area contributed by atoms with Crippen molar-refractivity contribution in [2.75, 3.05) is 20.3 Å². The van der Waals surface area contributed by atoms with E-state index in [1.165, 1.54) is 13.3 Å². The van der Waals surface area contributed by atoms with Crippen molar-refractivity contribution in [2.45, 2.75) is 13.3 Å². The van der Waals surface area contributed by atoms with Crippen molar-refractivity contribution < 1.29 is 23.8 Å². The third-order valence-corrected chi connectivity index (χ3v) is 3.51. The maximum atomic E-state index is 12.3. The Morgan fingerprint density at radius 2 is 1.96 bits per heavy atom. The van der Waals surface area contributed by atoms with Crippen molar-refractivity contribution >= 4 is 18.0 Å². The van der Waals surface area contributed by atoms with E-state index >= 15 is 0 Å². The molecular formula is C20H23N3O5. The first-order valence-electron chi connectivity index (χ1n) is 8.69. The number of ether oxygens (including phenoxy) is 3. The van der Waals surface area contributed by atoms with Crippen LogP contribution in [-0.2, 0) is 4.79 Å². The van der Waals surface area contributed by atoms with Gasteiger partial charge in [-0.15, -0.1) is 0 Å². The molecule has 2 aromatic carbocycles. The van der Waals surface area contributed by atoms with Crippen molar-refractivity contribution in [1.82, 2.24) is 5.43 Å². The second-order valence-corrected chi connectivity index (χ2v) is 5.74. The Bertz CT molecular complexity index is 851. The molecule has 2 amide bonds. The highest BCUT2D eigenvalue weighted by Crippen LogP contribution is 2.28. The topological polar surface area (TPSA) is 112 Å². The predicted molar refractivity (Wildman–Crippen MR) is 105 cm³/mol. The lowest BCUT2D eigenvalue weighted by Gasteiger charge is -2.11. The molecule has 8 heteroatoms. The fraction of sp³-hybridized carbons (Fsp3) is 0.250. The summed E-state index contributed by atoms with van der Waals surface area (Å²) in [4.78, 5) is 23.0. The Labute approximate surface area is 163 Å². The van der Waals surface area contributed by atoms with Gasteiger partial charge < -0.3 is 19.9 Å². The van der Waals surface area contributed by atoms with E-state index in [2.05, 4.69) is 10.5 Å². The minimum absolute atomic E-state index is 0.211. The third-order valence-electron chi connectivity index (χ3n) is 3.51. The summed E-state index contributed by atoms with van der Waals surface area (Å²) in [6.07, 6.45) is 2.33. The van der Waals surface area contributed by atoms with E-state index in [0.29, 0.717) is 35.0 Å². The molecule has 0 saturated carbocycles. The summed E-state index contributed by atoms with van der Waals surface area (Å²) in [7, 11) is 1.52. The maximum absolute atomic E-state index is 12.3. The number of primary amides is 1. The predicted octanol–water partition coefficient (Wildman–Crippen LogP) is 2.11. The Balaban J connectivity index is 1.99. The SMILES string of the molecule is CCCOc1ccc(C(=O)N/N=C/c2cccc(OCC(N)=O)c2)cc1OC. The number of nitrogens with two attached hydrogens (primary N) is 1. The molecule has 0 fully saturated rings. The number of nitrogens with one attached hydrogen (secondary N) is 1. The Kier molecular flexibility index (Phi) is 7.83. The van der Waals surface area contributed by atoms with Crippen LogP contribution in [0.3, 0.4) is 0 Å². The van der Waals surface area contributed by atoms with Crippen LogP contribution in [0.4, 0.5) is 0 Å². The Hall–Kier alpha value is -3.55. The van der Waals surface area contributed by atoms with Crippen LogP contribution in [-0.4, -0.2) is 38.4 Å². The van der Waals surface area contributed by atoms with Crippen LogP contribution in [0.15, 0.2) is 47.6 Å². The molecule has 0 heterocycles. The highest BCUT2D eigenvalue weighted by molar-refractivity contribution is 5.95. The molecule has 0 atom stereocenters. The Morgan fingerprint density at radius 1 is 1.14 bits per heavy atom. The lowest BCUT2D eigenvalue weighted by Crippen LogP contribution is -2.20. The smallest absolute Gasteiger partial charge is 0.271 e. The number of nitrogens with zero attached hydrogens (tertiary/aromatic N) is 1. The molecule has 0 aliphatic carbocycles. The lowest BCUT2D eigenvalue weighted by atomic mass is 10.2. The van der Waals surface area contributed by atoms with Gasteiger partial charge in [0.1, 0.15) is 5.75 Å². The molecule has 0 aliphatic rings. The number of hydrogen-bond acceptors (Lipinski definition) is 6. The largest absolute Gasteiger partial charge is 0.493 e. The summed E-state index contributed by atoms with van der Waals surface area (Å²) < 4.78 is 16.1. The quantitative estimate of drug-likeness (QED) is 0.480. The minimum atomic E-state index is -0.562. The standard InChI is InChI=1S/C20H23N3O5/c1-3-9-27-17-8-7-15(11-18(17)26-2)20(25)23-22-12-14-5-4-6-16(10-14)28-13-19(21)24/h4-8,10-12H,3,9,13H2,1-2H3,(H2,21,24)(H,23,25)/b22-12+. The average molecular weight is 385 g/mol. The van der Waals surface area contributed by atoms with Gasteiger partial charge in [-0.2, -0.15) is 5.10 Å². The minimum Gasteiger partial charge on any atom is -0.493 e. The zero-order valence-electron chi connectivity index (χ0n) is 15.8. The van der Waals surface area contributed by atoms with Gasteiger partial charge in [0.15, 0.2) is 18.1 Å². The number of hydrogen-bond donors (Lipinski definition) is 2. The number of hydrazone groups is 1. The zero-order chi connectivity index (χ0) is 20.4. The summed E-state index contributed by atoms with van der Waals surface area (Å²) in [6, 6.07) is 11.8. The number of benzene rings is 2. The number of rotatable bonds is 10. The van der Waals surface area contributed by atoms with Crippen LogP contribution in [0.5, 0.6) is 17.2 Å². The van der Waals surface area contributed by atoms with Gasteiger partial charge in [0.05, 0.1) is 19.9 Å². The summed E-state index contributed by atoms with van der Waals surface area (Å²) in [5, 5.41) is 3.94. The van der Waals surface area contributed by atoms with Gasteiger partial charge in [-0.1, -0.05) is 19.1 Å². The normalized spacial score (nSPS) is 10.5. The number of methoxy groups -OCH3 is 1. The molecule has 2 aromatic rings. The van der Waals surface area contributed by atoms with Gasteiger partial charge in [0.2, 0.25) is 0 Å². The van der Waals surface area contributed by atoms with Crippen molar-refractivity contribution in [3.05, 3.63) is 53.6 Å². The van der Waals surface area contributed by atoms with Crippen LogP contribution in [0.2, 0.25) is 0 Å². The number of amides is 2. The van der Waals surface area contributed by atoms with E-state index in [4.69, 9.17) is 19.9 Å².